The number of rotatable bonds is 5. The van der Waals surface area contributed by atoms with E-state index >= 15 is 0 Å². The standard InChI is InChI=1S/C22H23N5O/c28-22(27-13-7-2-8-14-27)19-15-20(24-16-18-11-5-6-12-23-18)26-21(25-19)17-9-3-1-4-10-17/h1,3-6,9-12,15H,2,7-8,13-14,16H2,(H,24,25,26). The summed E-state index contributed by atoms with van der Waals surface area (Å²) in [5.41, 5.74) is 2.22. The first-order valence-electron chi connectivity index (χ1n) is 9.67. The predicted octanol–water partition coefficient (Wildman–Crippen LogP) is 3.78. The molecular formula is C22H23N5O. The second-order valence-electron chi connectivity index (χ2n) is 6.86. The maximum atomic E-state index is 13.0. The van der Waals surface area contributed by atoms with Gasteiger partial charge in [0, 0.05) is 30.9 Å². The molecule has 142 valence electrons. The van der Waals surface area contributed by atoms with Gasteiger partial charge in [0.1, 0.15) is 11.5 Å². The molecule has 0 radical (unpaired) electrons. The molecule has 0 bridgehead atoms. The summed E-state index contributed by atoms with van der Waals surface area (Å²) in [6, 6.07) is 17.3. The zero-order chi connectivity index (χ0) is 19.2. The number of carbonyl (C=O) groups is 1. The molecule has 0 unspecified atom stereocenters. The van der Waals surface area contributed by atoms with Crippen LogP contribution in [-0.2, 0) is 6.54 Å². The maximum Gasteiger partial charge on any atom is 0.272 e. The third kappa shape index (κ3) is 4.34. The quantitative estimate of drug-likeness (QED) is 0.737. The Hall–Kier alpha value is -3.28. The van der Waals surface area contributed by atoms with Crippen molar-refractivity contribution in [2.45, 2.75) is 25.8 Å². The van der Waals surface area contributed by atoms with Gasteiger partial charge in [-0.3, -0.25) is 9.78 Å². The van der Waals surface area contributed by atoms with Gasteiger partial charge in [0.2, 0.25) is 0 Å². The van der Waals surface area contributed by atoms with E-state index in [1.807, 2.05) is 53.4 Å². The number of likely N-dealkylation sites (tertiary alicyclic amines) is 1. The van der Waals surface area contributed by atoms with Crippen molar-refractivity contribution in [2.24, 2.45) is 0 Å². The van der Waals surface area contributed by atoms with Gasteiger partial charge in [0.15, 0.2) is 5.82 Å². The monoisotopic (exact) mass is 373 g/mol. The summed E-state index contributed by atoms with van der Waals surface area (Å²) in [6.45, 7) is 2.11. The van der Waals surface area contributed by atoms with E-state index in [0.717, 1.165) is 37.2 Å². The molecule has 1 amide bonds. The number of pyridine rings is 1. The Balaban J connectivity index is 1.63. The normalized spacial score (nSPS) is 13.9. The summed E-state index contributed by atoms with van der Waals surface area (Å²) < 4.78 is 0. The zero-order valence-electron chi connectivity index (χ0n) is 15.7. The molecule has 2 aromatic heterocycles. The number of amides is 1. The van der Waals surface area contributed by atoms with Gasteiger partial charge >= 0.3 is 0 Å². The lowest BCUT2D eigenvalue weighted by Gasteiger charge is -2.26. The Labute approximate surface area is 164 Å². The van der Waals surface area contributed by atoms with E-state index < -0.39 is 0 Å². The summed E-state index contributed by atoms with van der Waals surface area (Å²) in [5.74, 6) is 1.15. The summed E-state index contributed by atoms with van der Waals surface area (Å²) in [4.78, 5) is 28.4. The first-order chi connectivity index (χ1) is 13.8. The van der Waals surface area contributed by atoms with Crippen LogP contribution in [0.3, 0.4) is 0 Å². The molecule has 1 aromatic carbocycles. The van der Waals surface area contributed by atoms with Crippen LogP contribution in [0.25, 0.3) is 11.4 Å². The molecular weight excluding hydrogens is 350 g/mol. The molecule has 0 saturated carbocycles. The number of piperidine rings is 1. The van der Waals surface area contributed by atoms with Crippen LogP contribution in [0.4, 0.5) is 5.82 Å². The van der Waals surface area contributed by atoms with Crippen molar-refractivity contribution in [3.05, 3.63) is 72.2 Å². The van der Waals surface area contributed by atoms with E-state index in [0.29, 0.717) is 23.9 Å². The Morgan fingerprint density at radius 3 is 2.50 bits per heavy atom. The summed E-state index contributed by atoms with van der Waals surface area (Å²) in [6.07, 6.45) is 5.04. The summed E-state index contributed by atoms with van der Waals surface area (Å²) in [7, 11) is 0. The van der Waals surface area contributed by atoms with Crippen molar-refractivity contribution in [2.75, 3.05) is 18.4 Å². The lowest BCUT2D eigenvalue weighted by molar-refractivity contribution is 0.0718. The van der Waals surface area contributed by atoms with Crippen LogP contribution >= 0.6 is 0 Å². The number of benzene rings is 1. The molecule has 1 fully saturated rings. The van der Waals surface area contributed by atoms with Crippen LogP contribution in [0.1, 0.15) is 35.4 Å². The number of anilines is 1. The molecule has 28 heavy (non-hydrogen) atoms. The number of nitrogens with one attached hydrogen (secondary N) is 1. The van der Waals surface area contributed by atoms with Crippen LogP contribution in [0.2, 0.25) is 0 Å². The molecule has 3 aromatic rings. The van der Waals surface area contributed by atoms with Gasteiger partial charge in [0.25, 0.3) is 5.91 Å². The molecule has 0 aliphatic carbocycles. The molecule has 1 aliphatic heterocycles. The van der Waals surface area contributed by atoms with Crippen LogP contribution < -0.4 is 5.32 Å². The van der Waals surface area contributed by atoms with E-state index in [1.54, 1.807) is 12.3 Å². The number of hydrogen-bond donors (Lipinski definition) is 1. The van der Waals surface area contributed by atoms with Crippen molar-refractivity contribution in [3.63, 3.8) is 0 Å². The van der Waals surface area contributed by atoms with Gasteiger partial charge in [-0.15, -0.1) is 0 Å². The minimum Gasteiger partial charge on any atom is -0.364 e. The highest BCUT2D eigenvalue weighted by Gasteiger charge is 2.21. The van der Waals surface area contributed by atoms with Gasteiger partial charge < -0.3 is 10.2 Å². The molecule has 1 saturated heterocycles. The molecule has 6 heteroatoms. The predicted molar refractivity (Wildman–Crippen MR) is 109 cm³/mol. The van der Waals surface area contributed by atoms with Crippen LogP contribution in [0.5, 0.6) is 0 Å². The first-order valence-corrected chi connectivity index (χ1v) is 9.67. The number of carbonyl (C=O) groups excluding carboxylic acids is 1. The largest absolute Gasteiger partial charge is 0.364 e. The fourth-order valence-corrected chi connectivity index (χ4v) is 3.31. The number of nitrogens with zero attached hydrogens (tertiary/aromatic N) is 4. The van der Waals surface area contributed by atoms with Gasteiger partial charge in [-0.2, -0.15) is 0 Å². The number of aromatic nitrogens is 3. The van der Waals surface area contributed by atoms with Crippen molar-refractivity contribution in [3.8, 4) is 11.4 Å². The van der Waals surface area contributed by atoms with E-state index in [9.17, 15) is 4.79 Å². The third-order valence-corrected chi connectivity index (χ3v) is 4.80. The number of hydrogen-bond acceptors (Lipinski definition) is 5. The lowest BCUT2D eigenvalue weighted by Crippen LogP contribution is -2.36. The third-order valence-electron chi connectivity index (χ3n) is 4.80. The molecule has 4 rings (SSSR count). The van der Waals surface area contributed by atoms with Gasteiger partial charge in [-0.1, -0.05) is 36.4 Å². The van der Waals surface area contributed by atoms with Gasteiger partial charge in [-0.05, 0) is 31.4 Å². The molecule has 3 heterocycles. The lowest BCUT2D eigenvalue weighted by atomic mass is 10.1. The highest BCUT2D eigenvalue weighted by molar-refractivity contribution is 5.93. The zero-order valence-corrected chi connectivity index (χ0v) is 15.7. The van der Waals surface area contributed by atoms with Gasteiger partial charge in [0.05, 0.1) is 12.2 Å². The van der Waals surface area contributed by atoms with E-state index in [2.05, 4.69) is 20.3 Å². The maximum absolute atomic E-state index is 13.0. The second-order valence-corrected chi connectivity index (χ2v) is 6.86. The molecule has 1 N–H and O–H groups in total. The Bertz CT molecular complexity index is 924. The minimum absolute atomic E-state index is 0.0276. The Morgan fingerprint density at radius 1 is 0.964 bits per heavy atom. The fourth-order valence-electron chi connectivity index (χ4n) is 3.31. The summed E-state index contributed by atoms with van der Waals surface area (Å²) >= 11 is 0. The van der Waals surface area contributed by atoms with Crippen LogP contribution in [0, 0.1) is 0 Å². The SMILES string of the molecule is O=C(c1cc(NCc2ccccn2)nc(-c2ccccc2)n1)N1CCCCC1. The topological polar surface area (TPSA) is 71.0 Å². The van der Waals surface area contributed by atoms with Crippen LogP contribution in [0.15, 0.2) is 60.8 Å². The Kier molecular flexibility index (Phi) is 5.56. The van der Waals surface area contributed by atoms with Crippen LogP contribution in [-0.4, -0.2) is 38.8 Å². The highest BCUT2D eigenvalue weighted by Crippen LogP contribution is 2.20. The van der Waals surface area contributed by atoms with E-state index in [4.69, 9.17) is 0 Å². The van der Waals surface area contributed by atoms with Crippen molar-refractivity contribution < 1.29 is 4.79 Å². The highest BCUT2D eigenvalue weighted by atomic mass is 16.2. The molecule has 1 aliphatic rings. The molecule has 0 spiro atoms. The smallest absolute Gasteiger partial charge is 0.272 e. The van der Waals surface area contributed by atoms with Crippen molar-refractivity contribution >= 4 is 11.7 Å². The second kappa shape index (κ2) is 8.61. The summed E-state index contributed by atoms with van der Waals surface area (Å²) in [5, 5.41) is 3.28. The van der Waals surface area contributed by atoms with Crippen molar-refractivity contribution in [1.29, 1.82) is 0 Å². The minimum atomic E-state index is -0.0276. The van der Waals surface area contributed by atoms with E-state index in [1.165, 1.54) is 6.42 Å². The Morgan fingerprint density at radius 2 is 1.75 bits per heavy atom. The van der Waals surface area contributed by atoms with E-state index in [-0.39, 0.29) is 5.91 Å². The average molecular weight is 373 g/mol. The fraction of sp³-hybridized carbons (Fsp3) is 0.273. The molecule has 6 nitrogen and oxygen atoms in total. The van der Waals surface area contributed by atoms with Crippen molar-refractivity contribution in [1.82, 2.24) is 19.9 Å². The average Bonchev–Trinajstić information content (AvgIpc) is 2.79. The van der Waals surface area contributed by atoms with Gasteiger partial charge in [-0.25, -0.2) is 9.97 Å². The first kappa shape index (κ1) is 18.1. The molecule has 0 atom stereocenters.